The van der Waals surface area contributed by atoms with Gasteiger partial charge in [-0.2, -0.15) is 14.0 Å². The van der Waals surface area contributed by atoms with E-state index < -0.39 is 40.9 Å². The van der Waals surface area contributed by atoms with Crippen molar-refractivity contribution in [2.45, 2.75) is 55.6 Å². The molecular formula is C24H21Cl2F3N2O4. The molecule has 2 aromatic rings. The molecule has 3 atom stereocenters. The fraction of sp³-hybridized carbons (Fsp3) is 0.375. The number of carboxylic acid groups (broad SMARTS) is 1. The molecule has 0 saturated carbocycles. The van der Waals surface area contributed by atoms with Gasteiger partial charge in [-0.05, 0) is 48.2 Å². The summed E-state index contributed by atoms with van der Waals surface area (Å²) in [5.74, 6) is -5.77. The van der Waals surface area contributed by atoms with Crippen LogP contribution in [-0.4, -0.2) is 39.6 Å². The van der Waals surface area contributed by atoms with Gasteiger partial charge in [0.25, 0.3) is 0 Å². The molecular weight excluding hydrogens is 508 g/mol. The molecule has 0 aliphatic carbocycles. The molecule has 2 aromatic carbocycles. The van der Waals surface area contributed by atoms with Gasteiger partial charge in [-0.1, -0.05) is 61.3 Å². The number of halogens is 5. The summed E-state index contributed by atoms with van der Waals surface area (Å²) < 4.78 is 44.1. The third-order valence-corrected chi connectivity index (χ3v) is 7.47. The largest absolute Gasteiger partial charge is 0.480 e. The zero-order valence-corrected chi connectivity index (χ0v) is 20.2. The molecule has 35 heavy (non-hydrogen) atoms. The van der Waals surface area contributed by atoms with Crippen LogP contribution in [0.4, 0.5) is 13.3 Å². The maximum atomic E-state index is 15.6. The standard InChI is InChI=1S/C24H21Cl2F3N2O4/c1-3-22(4-2)23(13-30,15-8-10-16(25)11-9-15)18(14-6-5-7-17(26)12-14)19(20(32)33)31(22)24(27,28)21(34)35-29/h5-12,18-19H,3-4H2,1-2H3,(H,32,33)/t18-,19+,23+/m0/s1. The number of nitriles is 1. The average Bonchev–Trinajstić information content (AvgIpc) is 3.12. The summed E-state index contributed by atoms with van der Waals surface area (Å²) >= 11 is 12.2. The highest BCUT2D eigenvalue weighted by atomic mass is 35.5. The van der Waals surface area contributed by atoms with E-state index in [1.165, 1.54) is 62.4 Å². The first-order valence-corrected chi connectivity index (χ1v) is 11.4. The van der Waals surface area contributed by atoms with Gasteiger partial charge in [0.15, 0.2) is 0 Å². The first kappa shape index (κ1) is 26.8. The summed E-state index contributed by atoms with van der Waals surface area (Å²) in [4.78, 5) is 27.7. The second-order valence-electron chi connectivity index (χ2n) is 8.26. The third-order valence-electron chi connectivity index (χ3n) is 6.98. The number of carboxylic acids is 1. The highest BCUT2D eigenvalue weighted by Crippen LogP contribution is 2.63. The lowest BCUT2D eigenvalue weighted by molar-refractivity contribution is -0.253. The monoisotopic (exact) mass is 528 g/mol. The molecule has 186 valence electrons. The van der Waals surface area contributed by atoms with E-state index in [4.69, 9.17) is 23.2 Å². The Morgan fingerprint density at radius 3 is 2.20 bits per heavy atom. The van der Waals surface area contributed by atoms with E-state index in [0.29, 0.717) is 5.02 Å². The Labute approximate surface area is 209 Å². The fourth-order valence-corrected chi connectivity index (χ4v) is 5.98. The zero-order valence-electron chi connectivity index (χ0n) is 18.6. The van der Waals surface area contributed by atoms with Crippen LogP contribution in [0, 0.1) is 11.3 Å². The Morgan fingerprint density at radius 1 is 1.14 bits per heavy atom. The Balaban J connectivity index is 2.56. The first-order chi connectivity index (χ1) is 16.5. The van der Waals surface area contributed by atoms with Gasteiger partial charge in [0, 0.05) is 20.5 Å². The normalized spacial score (nSPS) is 24.1. The second kappa shape index (κ2) is 9.69. The highest BCUT2D eigenvalue weighted by molar-refractivity contribution is 6.30. The molecule has 1 heterocycles. The maximum Gasteiger partial charge on any atom is 0.434 e. The van der Waals surface area contributed by atoms with Crippen molar-refractivity contribution >= 4 is 35.1 Å². The Bertz CT molecular complexity index is 1170. The molecule has 3 rings (SSSR count). The molecule has 1 fully saturated rings. The SMILES string of the molecule is CCC1(CC)N(C(F)(F)C(=O)OF)[C@@H](C(=O)O)[C@H](c2cccc(Cl)c2)[C@@]1(C#N)c1ccc(Cl)cc1. The van der Waals surface area contributed by atoms with Crippen molar-refractivity contribution in [2.75, 3.05) is 0 Å². The number of aliphatic carboxylic acids is 1. The van der Waals surface area contributed by atoms with E-state index >= 15 is 8.78 Å². The van der Waals surface area contributed by atoms with Gasteiger partial charge in [0.2, 0.25) is 0 Å². The Hall–Kier alpha value is -2.80. The molecule has 0 radical (unpaired) electrons. The van der Waals surface area contributed by atoms with E-state index in [1.54, 1.807) is 0 Å². The van der Waals surface area contributed by atoms with Crippen LogP contribution in [0.5, 0.6) is 0 Å². The predicted octanol–water partition coefficient (Wildman–Crippen LogP) is 5.89. The first-order valence-electron chi connectivity index (χ1n) is 10.6. The van der Waals surface area contributed by atoms with Gasteiger partial charge < -0.3 is 5.11 Å². The van der Waals surface area contributed by atoms with Gasteiger partial charge in [0.05, 0.1) is 11.6 Å². The molecule has 1 aliphatic heterocycles. The van der Waals surface area contributed by atoms with Gasteiger partial charge in [-0.25, -0.2) is 14.6 Å². The predicted molar refractivity (Wildman–Crippen MR) is 122 cm³/mol. The van der Waals surface area contributed by atoms with Crippen LogP contribution in [0.15, 0.2) is 48.5 Å². The van der Waals surface area contributed by atoms with Crippen molar-refractivity contribution < 1.29 is 32.9 Å². The zero-order chi connectivity index (χ0) is 26.2. The lowest BCUT2D eigenvalue weighted by atomic mass is 9.58. The number of likely N-dealkylation sites (tertiary alicyclic amines) is 1. The van der Waals surface area contributed by atoms with Crippen LogP contribution in [0.25, 0.3) is 0 Å². The molecule has 0 spiro atoms. The molecule has 11 heteroatoms. The number of alkyl halides is 2. The van der Waals surface area contributed by atoms with Crippen LogP contribution in [0.1, 0.15) is 43.7 Å². The van der Waals surface area contributed by atoms with Crippen LogP contribution in [-0.2, 0) is 19.9 Å². The molecule has 0 unspecified atom stereocenters. The van der Waals surface area contributed by atoms with E-state index in [9.17, 15) is 24.5 Å². The minimum atomic E-state index is -4.73. The quantitative estimate of drug-likeness (QED) is 0.450. The second-order valence-corrected chi connectivity index (χ2v) is 9.13. The smallest absolute Gasteiger partial charge is 0.434 e. The number of carbonyl (C=O) groups is 2. The van der Waals surface area contributed by atoms with Crippen LogP contribution in [0.3, 0.4) is 0 Å². The summed E-state index contributed by atoms with van der Waals surface area (Å²) in [7, 11) is 0. The lowest BCUT2D eigenvalue weighted by Crippen LogP contribution is -2.65. The number of carbonyl (C=O) groups excluding carboxylic acids is 1. The molecule has 1 saturated heterocycles. The molecule has 0 bridgehead atoms. The highest BCUT2D eigenvalue weighted by Gasteiger charge is 2.76. The molecule has 6 nitrogen and oxygen atoms in total. The van der Waals surface area contributed by atoms with Crippen LogP contribution < -0.4 is 0 Å². The molecule has 0 aromatic heterocycles. The molecule has 1 N–H and O–H groups in total. The van der Waals surface area contributed by atoms with E-state index in [1.807, 2.05) is 0 Å². The number of benzene rings is 2. The van der Waals surface area contributed by atoms with Crippen LogP contribution in [0.2, 0.25) is 10.0 Å². The average molecular weight is 529 g/mol. The van der Waals surface area contributed by atoms with Crippen molar-refractivity contribution in [2.24, 2.45) is 0 Å². The Kier molecular flexibility index (Phi) is 7.42. The summed E-state index contributed by atoms with van der Waals surface area (Å²) in [6.45, 7) is 2.99. The van der Waals surface area contributed by atoms with E-state index in [2.05, 4.69) is 11.0 Å². The van der Waals surface area contributed by atoms with Crippen molar-refractivity contribution in [3.8, 4) is 6.07 Å². The van der Waals surface area contributed by atoms with Crippen LogP contribution >= 0.6 is 23.2 Å². The minimum Gasteiger partial charge on any atom is -0.480 e. The van der Waals surface area contributed by atoms with Gasteiger partial charge >= 0.3 is 18.0 Å². The summed E-state index contributed by atoms with van der Waals surface area (Å²) in [5, 5.41) is 21.5. The third kappa shape index (κ3) is 3.84. The van der Waals surface area contributed by atoms with Crippen molar-refractivity contribution in [3.05, 3.63) is 69.7 Å². The molecule has 0 amide bonds. The number of rotatable bonds is 7. The number of hydrogen-bond acceptors (Lipinski definition) is 5. The van der Waals surface area contributed by atoms with E-state index in [-0.39, 0.29) is 33.9 Å². The van der Waals surface area contributed by atoms with Gasteiger partial charge in [0.1, 0.15) is 11.5 Å². The summed E-state index contributed by atoms with van der Waals surface area (Å²) in [6.07, 6.45) is -0.397. The Morgan fingerprint density at radius 2 is 1.74 bits per heavy atom. The van der Waals surface area contributed by atoms with Crippen molar-refractivity contribution in [3.63, 3.8) is 0 Å². The van der Waals surface area contributed by atoms with E-state index in [0.717, 1.165) is 0 Å². The topological polar surface area (TPSA) is 90.6 Å². The minimum absolute atomic E-state index is 0.133. The maximum absolute atomic E-state index is 15.6. The lowest BCUT2D eigenvalue weighted by Gasteiger charge is -2.48. The fourth-order valence-electron chi connectivity index (χ4n) is 5.65. The van der Waals surface area contributed by atoms with Gasteiger partial charge in [-0.3, -0.25) is 4.79 Å². The van der Waals surface area contributed by atoms with Crippen molar-refractivity contribution in [1.82, 2.24) is 4.90 Å². The summed E-state index contributed by atoms with van der Waals surface area (Å²) in [6, 6.07) is 6.95. The van der Waals surface area contributed by atoms with Gasteiger partial charge in [-0.15, -0.1) is 0 Å². The number of nitrogens with zero attached hydrogens (tertiary/aromatic N) is 2. The number of hydrogen-bond donors (Lipinski definition) is 1. The summed E-state index contributed by atoms with van der Waals surface area (Å²) in [5.41, 5.74) is -3.55. The molecule has 1 aliphatic rings. The van der Waals surface area contributed by atoms with Crippen molar-refractivity contribution in [1.29, 1.82) is 5.26 Å².